The number of amides is 1. The number of rotatable bonds is 4. The van der Waals surface area contributed by atoms with Crippen LogP contribution in [0.2, 0.25) is 0 Å². The van der Waals surface area contributed by atoms with E-state index < -0.39 is 12.0 Å². The van der Waals surface area contributed by atoms with Crippen LogP contribution in [0.4, 0.5) is 11.4 Å². The number of nitrogen functional groups attached to an aromatic ring is 1. The first-order chi connectivity index (χ1) is 10.1. The van der Waals surface area contributed by atoms with Gasteiger partial charge in [0.25, 0.3) is 0 Å². The molecule has 0 aliphatic carbocycles. The summed E-state index contributed by atoms with van der Waals surface area (Å²) < 4.78 is 5.36. The zero-order valence-corrected chi connectivity index (χ0v) is 11.8. The highest BCUT2D eigenvalue weighted by molar-refractivity contribution is 5.98. The normalized spacial score (nSPS) is 18.3. The highest BCUT2D eigenvalue weighted by atomic mass is 16.5. The molecule has 1 heterocycles. The number of aromatic carboxylic acids is 1. The van der Waals surface area contributed by atoms with Crippen molar-refractivity contribution in [3.8, 4) is 0 Å². The molecule has 1 fully saturated rings. The van der Waals surface area contributed by atoms with Crippen molar-refractivity contribution in [3.63, 3.8) is 0 Å². The minimum atomic E-state index is -1.09. The number of carbonyl (C=O) groups excluding carboxylic acids is 1. The van der Waals surface area contributed by atoms with Gasteiger partial charge in [0.05, 0.1) is 30.2 Å². The zero-order valence-electron chi connectivity index (χ0n) is 11.8. The summed E-state index contributed by atoms with van der Waals surface area (Å²) in [6.07, 6.45) is 0. The molecule has 7 heteroatoms. The fourth-order valence-corrected chi connectivity index (χ4v) is 2.39. The van der Waals surface area contributed by atoms with Gasteiger partial charge in [-0.3, -0.25) is 4.79 Å². The molecule has 1 unspecified atom stereocenters. The molecule has 4 N–H and O–H groups in total. The fraction of sp³-hybridized carbons (Fsp3) is 0.429. The van der Waals surface area contributed by atoms with Crippen molar-refractivity contribution in [3.05, 3.63) is 23.8 Å². The molecule has 0 aromatic heterocycles. The van der Waals surface area contributed by atoms with Crippen LogP contribution < -0.4 is 16.0 Å². The number of para-hydroxylation sites is 1. The van der Waals surface area contributed by atoms with E-state index in [1.807, 2.05) is 6.92 Å². The Kier molecular flexibility index (Phi) is 4.64. The number of carbonyl (C=O) groups is 2. The van der Waals surface area contributed by atoms with E-state index in [1.54, 1.807) is 17.0 Å². The second-order valence-electron chi connectivity index (χ2n) is 4.72. The number of benzene rings is 1. The van der Waals surface area contributed by atoms with E-state index >= 15 is 0 Å². The lowest BCUT2D eigenvalue weighted by atomic mass is 10.1. The Labute approximate surface area is 122 Å². The molecule has 114 valence electrons. The molecule has 7 nitrogen and oxygen atoms in total. The van der Waals surface area contributed by atoms with Crippen molar-refractivity contribution in [2.45, 2.75) is 13.0 Å². The van der Waals surface area contributed by atoms with Crippen LogP contribution in [0.1, 0.15) is 17.3 Å². The minimum absolute atomic E-state index is 0.0358. The maximum absolute atomic E-state index is 12.1. The quantitative estimate of drug-likeness (QED) is 0.690. The predicted molar refractivity (Wildman–Crippen MR) is 78.5 cm³/mol. The Bertz CT molecular complexity index is 547. The fourth-order valence-electron chi connectivity index (χ4n) is 2.39. The second kappa shape index (κ2) is 6.45. The van der Waals surface area contributed by atoms with Gasteiger partial charge in [-0.05, 0) is 19.1 Å². The number of nitrogens with one attached hydrogen (secondary N) is 1. The van der Waals surface area contributed by atoms with Crippen molar-refractivity contribution in [1.29, 1.82) is 0 Å². The van der Waals surface area contributed by atoms with Gasteiger partial charge < -0.3 is 25.8 Å². The molecule has 1 atom stereocenters. The van der Waals surface area contributed by atoms with Gasteiger partial charge in [0.2, 0.25) is 5.91 Å². The van der Waals surface area contributed by atoms with Crippen LogP contribution in [0.25, 0.3) is 0 Å². The lowest BCUT2D eigenvalue weighted by molar-refractivity contribution is -0.124. The zero-order chi connectivity index (χ0) is 15.4. The summed E-state index contributed by atoms with van der Waals surface area (Å²) >= 11 is 0. The molecule has 2 rings (SSSR count). The lowest BCUT2D eigenvalue weighted by Crippen LogP contribution is -2.54. The summed E-state index contributed by atoms with van der Waals surface area (Å²) in [5.74, 6) is -1.24. The standard InChI is InChI=1S/C14H19N3O4/c1-2-16-13(18)11-8-21-7-6-17(11)10-5-3-4-9(12(10)15)14(19)20/h3-5,11H,2,6-8,15H2,1H3,(H,16,18)(H,19,20). The van der Waals surface area contributed by atoms with Crippen molar-refractivity contribution in [1.82, 2.24) is 5.32 Å². The van der Waals surface area contributed by atoms with Crippen molar-refractivity contribution >= 4 is 23.3 Å². The number of hydrogen-bond acceptors (Lipinski definition) is 5. The van der Waals surface area contributed by atoms with Crippen LogP contribution in [-0.4, -0.2) is 49.3 Å². The average molecular weight is 293 g/mol. The van der Waals surface area contributed by atoms with Gasteiger partial charge in [0.1, 0.15) is 6.04 Å². The molecule has 1 aliphatic heterocycles. The minimum Gasteiger partial charge on any atom is -0.478 e. The monoisotopic (exact) mass is 293 g/mol. The first-order valence-corrected chi connectivity index (χ1v) is 6.80. The molecular formula is C14H19N3O4. The van der Waals surface area contributed by atoms with Crippen LogP contribution in [0, 0.1) is 0 Å². The summed E-state index contributed by atoms with van der Waals surface area (Å²) in [6.45, 7) is 3.56. The SMILES string of the molecule is CCNC(=O)C1COCCN1c1cccc(C(=O)O)c1N. The molecule has 1 aliphatic rings. The molecule has 0 saturated carbocycles. The van der Waals surface area contributed by atoms with E-state index in [9.17, 15) is 9.59 Å². The van der Waals surface area contributed by atoms with Crippen molar-refractivity contribution in [2.24, 2.45) is 0 Å². The highest BCUT2D eigenvalue weighted by Crippen LogP contribution is 2.29. The van der Waals surface area contributed by atoms with E-state index in [1.165, 1.54) is 6.07 Å². The van der Waals surface area contributed by atoms with E-state index in [4.69, 9.17) is 15.6 Å². The molecule has 1 aromatic carbocycles. The van der Waals surface area contributed by atoms with Gasteiger partial charge in [-0.2, -0.15) is 0 Å². The van der Waals surface area contributed by atoms with Gasteiger partial charge in [0.15, 0.2) is 0 Å². The lowest BCUT2D eigenvalue weighted by Gasteiger charge is -2.37. The summed E-state index contributed by atoms with van der Waals surface area (Å²) in [5.41, 5.74) is 6.71. The van der Waals surface area contributed by atoms with E-state index in [0.717, 1.165) is 0 Å². The molecule has 0 bridgehead atoms. The summed E-state index contributed by atoms with van der Waals surface area (Å²) in [6, 6.07) is 4.28. The van der Waals surface area contributed by atoms with E-state index in [0.29, 0.717) is 25.4 Å². The van der Waals surface area contributed by atoms with E-state index in [-0.39, 0.29) is 23.8 Å². The number of ether oxygens (including phenoxy) is 1. The summed E-state index contributed by atoms with van der Waals surface area (Å²) in [5, 5.41) is 11.9. The highest BCUT2D eigenvalue weighted by Gasteiger charge is 2.31. The topological polar surface area (TPSA) is 105 Å². The van der Waals surface area contributed by atoms with Gasteiger partial charge in [-0.1, -0.05) is 6.07 Å². The molecule has 0 radical (unpaired) electrons. The second-order valence-corrected chi connectivity index (χ2v) is 4.72. The predicted octanol–water partition coefficient (Wildman–Crippen LogP) is 0.308. The Morgan fingerprint density at radius 2 is 2.29 bits per heavy atom. The number of hydrogen-bond donors (Lipinski definition) is 3. The molecule has 1 saturated heterocycles. The molecule has 1 aromatic rings. The van der Waals surface area contributed by atoms with Crippen molar-refractivity contribution in [2.75, 3.05) is 36.9 Å². The third-order valence-corrected chi connectivity index (χ3v) is 3.41. The van der Waals surface area contributed by atoms with Crippen LogP contribution in [0.3, 0.4) is 0 Å². The third kappa shape index (κ3) is 3.08. The number of nitrogens with zero attached hydrogens (tertiary/aromatic N) is 1. The van der Waals surface area contributed by atoms with Gasteiger partial charge >= 0.3 is 5.97 Å². The Morgan fingerprint density at radius 1 is 1.52 bits per heavy atom. The van der Waals surface area contributed by atoms with E-state index in [2.05, 4.69) is 5.32 Å². The maximum Gasteiger partial charge on any atom is 0.337 e. The van der Waals surface area contributed by atoms with Gasteiger partial charge in [0, 0.05) is 13.1 Å². The van der Waals surface area contributed by atoms with Crippen LogP contribution in [0.15, 0.2) is 18.2 Å². The first kappa shape index (κ1) is 15.1. The molecular weight excluding hydrogens is 274 g/mol. The summed E-state index contributed by atoms with van der Waals surface area (Å²) in [4.78, 5) is 25.1. The number of morpholine rings is 1. The van der Waals surface area contributed by atoms with Crippen LogP contribution in [0.5, 0.6) is 0 Å². The molecule has 1 amide bonds. The number of likely N-dealkylation sites (N-methyl/N-ethyl adjacent to an activating group) is 1. The number of nitrogens with two attached hydrogens (primary N) is 1. The number of anilines is 2. The van der Waals surface area contributed by atoms with Crippen LogP contribution >= 0.6 is 0 Å². The molecule has 21 heavy (non-hydrogen) atoms. The Hall–Kier alpha value is -2.28. The maximum atomic E-state index is 12.1. The number of carboxylic acids is 1. The number of carboxylic acid groups (broad SMARTS) is 1. The third-order valence-electron chi connectivity index (χ3n) is 3.41. The van der Waals surface area contributed by atoms with Gasteiger partial charge in [-0.25, -0.2) is 4.79 Å². The summed E-state index contributed by atoms with van der Waals surface area (Å²) in [7, 11) is 0. The van der Waals surface area contributed by atoms with Crippen LogP contribution in [-0.2, 0) is 9.53 Å². The van der Waals surface area contributed by atoms with Gasteiger partial charge in [-0.15, -0.1) is 0 Å². The largest absolute Gasteiger partial charge is 0.478 e. The van der Waals surface area contributed by atoms with Crippen molar-refractivity contribution < 1.29 is 19.4 Å². The smallest absolute Gasteiger partial charge is 0.337 e. The average Bonchev–Trinajstić information content (AvgIpc) is 2.47. The Balaban J connectivity index is 2.35. The Morgan fingerprint density at radius 3 is 2.95 bits per heavy atom. The molecule has 0 spiro atoms. The first-order valence-electron chi connectivity index (χ1n) is 6.80.